The summed E-state index contributed by atoms with van der Waals surface area (Å²) in [6.07, 6.45) is 3.00. The van der Waals surface area contributed by atoms with E-state index in [1.807, 2.05) is 0 Å². The number of anilines is 1. The third kappa shape index (κ3) is 4.08. The maximum absolute atomic E-state index is 13.2. The van der Waals surface area contributed by atoms with E-state index >= 15 is 0 Å². The van der Waals surface area contributed by atoms with Gasteiger partial charge in [0.1, 0.15) is 23.7 Å². The van der Waals surface area contributed by atoms with E-state index in [1.165, 1.54) is 60.3 Å². The number of carboxylic acid groups (broad SMARTS) is 1. The van der Waals surface area contributed by atoms with Crippen molar-refractivity contribution >= 4 is 63.3 Å². The van der Waals surface area contributed by atoms with Crippen LogP contribution in [0.5, 0.6) is 0 Å². The van der Waals surface area contributed by atoms with Crippen molar-refractivity contribution in [2.45, 2.75) is 17.8 Å². The maximum atomic E-state index is 13.2. The van der Waals surface area contributed by atoms with Crippen molar-refractivity contribution in [1.82, 2.24) is 15.2 Å². The Kier molecular flexibility index (Phi) is 6.21. The van der Waals surface area contributed by atoms with E-state index in [9.17, 15) is 24.3 Å². The van der Waals surface area contributed by atoms with E-state index in [0.29, 0.717) is 5.70 Å². The lowest BCUT2D eigenvalue weighted by molar-refractivity contribution is -0.582. The minimum atomic E-state index is -1.41. The third-order valence-electron chi connectivity index (χ3n) is 5.45. The minimum Gasteiger partial charge on any atom is -0.476 e. The summed E-state index contributed by atoms with van der Waals surface area (Å²) < 4.78 is 1.51. The molecule has 0 aromatic carbocycles. The number of carbonyl (C=O) groups is 4. The average Bonchev–Trinajstić information content (AvgIpc) is 3.26. The first-order valence-electron chi connectivity index (χ1n) is 9.96. The number of nitrogen functional groups attached to an aromatic ring is 1. The topological polar surface area (TPSA) is 194 Å². The van der Waals surface area contributed by atoms with Gasteiger partial charge in [-0.15, -0.1) is 23.1 Å². The van der Waals surface area contributed by atoms with Gasteiger partial charge in [-0.1, -0.05) is 5.16 Å². The molecule has 2 aromatic heterocycles. The van der Waals surface area contributed by atoms with E-state index < -0.39 is 34.6 Å². The number of thiazole rings is 1. The normalized spacial score (nSPS) is 21.8. The van der Waals surface area contributed by atoms with Gasteiger partial charge in [0, 0.05) is 17.5 Å². The van der Waals surface area contributed by atoms with Crippen LogP contribution in [0.2, 0.25) is 0 Å². The minimum absolute atomic E-state index is 0.173. The second-order valence-corrected chi connectivity index (χ2v) is 9.61. The molecule has 4 heterocycles. The molecular weight excluding hydrogens is 498 g/mol. The average molecular weight is 519 g/mol. The summed E-state index contributed by atoms with van der Waals surface area (Å²) in [7, 11) is 1.26. The molecule has 2 aliphatic rings. The van der Waals surface area contributed by atoms with Crippen LogP contribution in [-0.2, 0) is 19.2 Å². The zero-order valence-corrected chi connectivity index (χ0v) is 20.1. The van der Waals surface area contributed by atoms with Crippen LogP contribution < -0.4 is 21.4 Å². The number of nitrogens with zero attached hydrogens (tertiary/aromatic N) is 4. The number of aromatic nitrogens is 2. The Morgan fingerprint density at radius 3 is 2.60 bits per heavy atom. The highest BCUT2D eigenvalue weighted by atomic mass is 32.2. The number of carbonyl (C=O) groups excluding carboxylic acids is 3. The lowest BCUT2D eigenvalue weighted by Crippen LogP contribution is -2.79. The summed E-state index contributed by atoms with van der Waals surface area (Å²) >= 11 is 2.39. The lowest BCUT2D eigenvalue weighted by atomic mass is 9.88. The number of fused-ring (bicyclic) bond motifs is 1. The van der Waals surface area contributed by atoms with Gasteiger partial charge in [0.2, 0.25) is 11.6 Å². The van der Waals surface area contributed by atoms with Crippen molar-refractivity contribution in [2.24, 2.45) is 10.9 Å². The van der Waals surface area contributed by atoms with Gasteiger partial charge in [-0.25, -0.2) is 9.78 Å². The molecule has 6 N–H and O–H groups in total. The molecule has 0 spiro atoms. The second kappa shape index (κ2) is 8.99. The van der Waals surface area contributed by atoms with Gasteiger partial charge in [-0.05, 0) is 6.92 Å². The summed E-state index contributed by atoms with van der Waals surface area (Å²) in [6, 6.07) is 2.91. The van der Waals surface area contributed by atoms with Crippen LogP contribution in [0.3, 0.4) is 0 Å². The Balaban J connectivity index is 1.63. The fourth-order valence-corrected chi connectivity index (χ4v) is 5.77. The van der Waals surface area contributed by atoms with Gasteiger partial charge >= 0.3 is 5.97 Å². The SMILES string of the molecule is CO/N=C(\C(=O)N[C@]1(C)C(=O)N2C(C(=O)O)=C([n+]3ccc(C(N)=O)cc3)CS[C@H]21)c1csc(N)n1. The molecule has 2 atom stereocenters. The lowest BCUT2D eigenvalue weighted by Gasteiger charge is -2.54. The van der Waals surface area contributed by atoms with Crippen LogP contribution in [0.25, 0.3) is 5.70 Å². The maximum Gasteiger partial charge on any atom is 0.359 e. The van der Waals surface area contributed by atoms with E-state index in [2.05, 4.69) is 15.5 Å². The molecule has 0 aliphatic carbocycles. The molecule has 0 saturated carbocycles. The largest absolute Gasteiger partial charge is 0.476 e. The molecule has 0 unspecified atom stereocenters. The highest BCUT2D eigenvalue weighted by molar-refractivity contribution is 8.00. The van der Waals surface area contributed by atoms with Gasteiger partial charge in [0.25, 0.3) is 11.8 Å². The summed E-state index contributed by atoms with van der Waals surface area (Å²) in [6.45, 7) is 1.51. The number of aliphatic carboxylic acids is 1. The molecule has 4 rings (SSSR count). The van der Waals surface area contributed by atoms with Gasteiger partial charge in [0.05, 0.1) is 11.3 Å². The molecular formula is C20H20N7O6S2+. The number of β-lactam (4-membered cyclic amide) rings is 1. The number of hydrogen-bond donors (Lipinski definition) is 4. The van der Waals surface area contributed by atoms with Crippen LogP contribution >= 0.6 is 23.1 Å². The Labute approximate surface area is 206 Å². The Hall–Kier alpha value is -3.98. The molecule has 0 bridgehead atoms. The standard InChI is InChI=1S/C20H19N7O6S2/c1-20(24-15(29)12(25-33-2)10-7-35-19(22)23-10)17(32)27-13(16(30)31)11(8-34-18(20)27)26-5-3-9(4-6-26)14(21)28/h3-7,18H,8H2,1-2H3,(H5-,21,22,23,24,28,29,30,31)/p+1/b25-12-/t18-,20+/m0/s1. The quantitative estimate of drug-likeness (QED) is 0.157. The summed E-state index contributed by atoms with van der Waals surface area (Å²) in [5.74, 6) is -3.05. The number of rotatable bonds is 7. The van der Waals surface area contributed by atoms with Crippen molar-refractivity contribution in [3.63, 3.8) is 0 Å². The first-order valence-corrected chi connectivity index (χ1v) is 11.9. The molecule has 1 saturated heterocycles. The van der Waals surface area contributed by atoms with Crippen LogP contribution in [-0.4, -0.2) is 68.2 Å². The van der Waals surface area contributed by atoms with E-state index in [1.54, 1.807) is 0 Å². The van der Waals surface area contributed by atoms with Crippen LogP contribution in [0.1, 0.15) is 23.0 Å². The number of oxime groups is 1. The molecule has 182 valence electrons. The smallest absolute Gasteiger partial charge is 0.359 e. The molecule has 35 heavy (non-hydrogen) atoms. The van der Waals surface area contributed by atoms with Crippen LogP contribution in [0, 0.1) is 0 Å². The first kappa shape index (κ1) is 24.2. The summed E-state index contributed by atoms with van der Waals surface area (Å²) in [5, 5.41) is 17.4. The number of nitrogens with one attached hydrogen (secondary N) is 1. The Morgan fingerprint density at radius 1 is 1.37 bits per heavy atom. The van der Waals surface area contributed by atoms with E-state index in [0.717, 1.165) is 16.2 Å². The molecule has 0 radical (unpaired) electrons. The number of carboxylic acids is 1. The Morgan fingerprint density at radius 2 is 2.06 bits per heavy atom. The molecule has 13 nitrogen and oxygen atoms in total. The Bertz CT molecular complexity index is 1310. The first-order chi connectivity index (χ1) is 16.6. The van der Waals surface area contributed by atoms with Crippen molar-refractivity contribution in [3.8, 4) is 0 Å². The van der Waals surface area contributed by atoms with Crippen LogP contribution in [0.4, 0.5) is 5.13 Å². The molecule has 2 aliphatic heterocycles. The molecule has 2 aromatic rings. The van der Waals surface area contributed by atoms with Crippen molar-refractivity contribution < 1.29 is 33.7 Å². The highest BCUT2D eigenvalue weighted by Gasteiger charge is 2.64. The molecule has 1 fully saturated rings. The van der Waals surface area contributed by atoms with Crippen LogP contribution in [0.15, 0.2) is 40.8 Å². The third-order valence-corrected chi connectivity index (χ3v) is 7.56. The predicted octanol–water partition coefficient (Wildman–Crippen LogP) is -0.794. The predicted molar refractivity (Wildman–Crippen MR) is 126 cm³/mol. The fourth-order valence-electron chi connectivity index (χ4n) is 3.78. The van der Waals surface area contributed by atoms with Gasteiger partial charge in [-0.3, -0.25) is 19.3 Å². The number of nitrogens with two attached hydrogens (primary N) is 2. The number of primary amides is 1. The van der Waals surface area contributed by atoms with Crippen molar-refractivity contribution in [1.29, 1.82) is 0 Å². The zero-order chi connectivity index (χ0) is 25.5. The number of hydrogen-bond acceptors (Lipinski definition) is 10. The number of thioether (sulfide) groups is 1. The van der Waals surface area contributed by atoms with E-state index in [-0.39, 0.29) is 33.6 Å². The van der Waals surface area contributed by atoms with Gasteiger partial charge in [0.15, 0.2) is 28.9 Å². The summed E-state index contributed by atoms with van der Waals surface area (Å²) in [5.41, 5.74) is 9.86. The second-order valence-electron chi connectivity index (χ2n) is 7.65. The van der Waals surface area contributed by atoms with Crippen molar-refractivity contribution in [3.05, 3.63) is 46.9 Å². The fraction of sp³-hybridized carbons (Fsp3) is 0.250. The molecule has 3 amide bonds. The van der Waals surface area contributed by atoms with Crippen molar-refractivity contribution in [2.75, 3.05) is 18.6 Å². The zero-order valence-electron chi connectivity index (χ0n) is 18.4. The summed E-state index contributed by atoms with van der Waals surface area (Å²) in [4.78, 5) is 59.7. The monoisotopic (exact) mass is 518 g/mol. The highest BCUT2D eigenvalue weighted by Crippen LogP contribution is 2.46. The number of pyridine rings is 1. The van der Waals surface area contributed by atoms with Gasteiger partial charge < -0.3 is 26.7 Å². The van der Waals surface area contributed by atoms with Gasteiger partial charge in [-0.2, -0.15) is 4.57 Å². The number of amides is 3. The van der Waals surface area contributed by atoms with E-state index in [4.69, 9.17) is 16.3 Å². The molecule has 15 heteroatoms.